The van der Waals surface area contributed by atoms with Gasteiger partial charge in [-0.2, -0.15) is 0 Å². The van der Waals surface area contributed by atoms with Crippen molar-refractivity contribution in [2.24, 2.45) is 0 Å². The predicted molar refractivity (Wildman–Crippen MR) is 95.1 cm³/mol. The molecule has 0 bridgehead atoms. The summed E-state index contributed by atoms with van der Waals surface area (Å²) in [5, 5.41) is 5.55. The molecule has 3 rings (SSSR count). The molecule has 0 saturated carbocycles. The number of fused-ring (bicyclic) bond motifs is 1. The zero-order valence-corrected chi connectivity index (χ0v) is 13.9. The number of nitrogens with zero attached hydrogens (tertiary/aromatic N) is 1. The van der Waals surface area contributed by atoms with Crippen LogP contribution in [0.1, 0.15) is 17.9 Å². The van der Waals surface area contributed by atoms with E-state index in [-0.39, 0.29) is 18.2 Å². The second kappa shape index (κ2) is 7.61. The smallest absolute Gasteiger partial charge is 0.226 e. The number of rotatable bonds is 6. The van der Waals surface area contributed by atoms with Gasteiger partial charge in [-0.05, 0) is 23.8 Å². The molecule has 0 radical (unpaired) electrons. The summed E-state index contributed by atoms with van der Waals surface area (Å²) in [6.07, 6.45) is 0.515. The van der Waals surface area contributed by atoms with Crippen LogP contribution in [0.2, 0.25) is 0 Å². The minimum atomic E-state index is -0.167. The predicted octanol–water partition coefficient (Wildman–Crippen LogP) is 2.82. The third-order valence-electron chi connectivity index (χ3n) is 3.66. The molecular formula is C19H19N3O3. The Balaban J connectivity index is 1.45. The monoisotopic (exact) mass is 337 g/mol. The van der Waals surface area contributed by atoms with E-state index in [9.17, 15) is 9.59 Å². The molecule has 0 aliphatic rings. The summed E-state index contributed by atoms with van der Waals surface area (Å²) in [4.78, 5) is 28.1. The van der Waals surface area contributed by atoms with E-state index in [1.54, 1.807) is 25.1 Å². The number of aromatic nitrogens is 1. The third-order valence-corrected chi connectivity index (χ3v) is 3.66. The lowest BCUT2D eigenvalue weighted by atomic mass is 10.1. The van der Waals surface area contributed by atoms with E-state index in [1.165, 1.54) is 0 Å². The molecule has 0 fully saturated rings. The van der Waals surface area contributed by atoms with E-state index in [1.807, 2.05) is 30.3 Å². The summed E-state index contributed by atoms with van der Waals surface area (Å²) in [5.74, 6) is 0.317. The summed E-state index contributed by atoms with van der Waals surface area (Å²) < 4.78 is 5.40. The molecule has 1 aromatic heterocycles. The molecule has 0 aliphatic carbocycles. The Kier molecular flexibility index (Phi) is 5.09. The fourth-order valence-electron chi connectivity index (χ4n) is 2.50. The van der Waals surface area contributed by atoms with Gasteiger partial charge in [-0.25, -0.2) is 4.98 Å². The van der Waals surface area contributed by atoms with Gasteiger partial charge >= 0.3 is 0 Å². The fraction of sp³-hybridized carbons (Fsp3) is 0.211. The molecule has 2 amide bonds. The molecule has 6 heteroatoms. The second-order valence-corrected chi connectivity index (χ2v) is 5.73. The van der Waals surface area contributed by atoms with E-state index in [2.05, 4.69) is 15.6 Å². The highest BCUT2D eigenvalue weighted by molar-refractivity contribution is 5.93. The van der Waals surface area contributed by atoms with Crippen molar-refractivity contribution in [2.45, 2.75) is 19.8 Å². The Labute approximate surface area is 145 Å². The first kappa shape index (κ1) is 16.7. The molecule has 25 heavy (non-hydrogen) atoms. The van der Waals surface area contributed by atoms with Crippen LogP contribution < -0.4 is 10.6 Å². The highest BCUT2D eigenvalue weighted by Crippen LogP contribution is 2.19. The van der Waals surface area contributed by atoms with Gasteiger partial charge in [0.25, 0.3) is 0 Å². The van der Waals surface area contributed by atoms with E-state index in [0.29, 0.717) is 35.6 Å². The van der Waals surface area contributed by atoms with Crippen molar-refractivity contribution in [3.63, 3.8) is 0 Å². The summed E-state index contributed by atoms with van der Waals surface area (Å²) in [7, 11) is 0. The van der Waals surface area contributed by atoms with Crippen LogP contribution in [0.4, 0.5) is 5.69 Å². The molecule has 3 aromatic rings. The zero-order valence-electron chi connectivity index (χ0n) is 13.9. The highest BCUT2D eigenvalue weighted by Gasteiger charge is 2.08. The number of hydrogen-bond donors (Lipinski definition) is 2. The Morgan fingerprint density at radius 1 is 1.08 bits per heavy atom. The van der Waals surface area contributed by atoms with Crippen LogP contribution in [-0.4, -0.2) is 23.3 Å². The Hall–Kier alpha value is -3.15. The van der Waals surface area contributed by atoms with Crippen molar-refractivity contribution in [1.29, 1.82) is 0 Å². The lowest BCUT2D eigenvalue weighted by Crippen LogP contribution is -2.28. The molecule has 1 heterocycles. The first-order valence-electron chi connectivity index (χ1n) is 8.08. The van der Waals surface area contributed by atoms with Gasteiger partial charge in [-0.3, -0.25) is 9.59 Å². The first-order valence-corrected chi connectivity index (χ1v) is 8.08. The lowest BCUT2D eigenvalue weighted by Gasteiger charge is -2.07. The quantitative estimate of drug-likeness (QED) is 0.724. The molecule has 6 nitrogen and oxygen atoms in total. The molecule has 0 spiro atoms. The van der Waals surface area contributed by atoms with Crippen molar-refractivity contribution >= 4 is 28.6 Å². The van der Waals surface area contributed by atoms with Gasteiger partial charge in [-0.15, -0.1) is 0 Å². The molecule has 2 N–H and O–H groups in total. The Bertz CT molecular complexity index is 887. The van der Waals surface area contributed by atoms with Crippen molar-refractivity contribution in [3.8, 4) is 0 Å². The van der Waals surface area contributed by atoms with E-state index >= 15 is 0 Å². The molecule has 0 aliphatic heterocycles. The summed E-state index contributed by atoms with van der Waals surface area (Å²) in [6, 6.07) is 14.8. The largest absolute Gasteiger partial charge is 0.441 e. The van der Waals surface area contributed by atoms with Crippen LogP contribution in [0.5, 0.6) is 0 Å². The Morgan fingerprint density at radius 3 is 2.68 bits per heavy atom. The van der Waals surface area contributed by atoms with E-state index in [0.717, 1.165) is 5.56 Å². The summed E-state index contributed by atoms with van der Waals surface area (Å²) in [5.41, 5.74) is 2.98. The normalized spacial score (nSPS) is 10.6. The maximum Gasteiger partial charge on any atom is 0.226 e. The molecular weight excluding hydrogens is 318 g/mol. The van der Waals surface area contributed by atoms with Crippen molar-refractivity contribution in [1.82, 2.24) is 10.3 Å². The number of carbonyl (C=O) groups is 2. The minimum Gasteiger partial charge on any atom is -0.441 e. The topological polar surface area (TPSA) is 84.2 Å². The molecule has 0 saturated heterocycles. The van der Waals surface area contributed by atoms with Gasteiger partial charge in [0, 0.05) is 25.6 Å². The van der Waals surface area contributed by atoms with Crippen molar-refractivity contribution in [3.05, 3.63) is 60.0 Å². The highest BCUT2D eigenvalue weighted by atomic mass is 16.3. The van der Waals surface area contributed by atoms with Gasteiger partial charge in [-0.1, -0.05) is 30.3 Å². The number of hydrogen-bond acceptors (Lipinski definition) is 4. The van der Waals surface area contributed by atoms with E-state index < -0.39 is 0 Å². The number of carbonyl (C=O) groups excluding carboxylic acids is 2. The SMILES string of the molecule is Cc1nc2cc(NC(=O)CCNC(=O)Cc3ccccc3)ccc2o1. The van der Waals surface area contributed by atoms with Crippen LogP contribution in [0.3, 0.4) is 0 Å². The van der Waals surface area contributed by atoms with Gasteiger partial charge in [0.15, 0.2) is 11.5 Å². The van der Waals surface area contributed by atoms with Crippen molar-refractivity contribution < 1.29 is 14.0 Å². The third kappa shape index (κ3) is 4.67. The minimum absolute atomic E-state index is 0.0986. The number of benzene rings is 2. The number of amides is 2. The van der Waals surface area contributed by atoms with Gasteiger partial charge in [0.1, 0.15) is 5.52 Å². The molecule has 2 aromatic carbocycles. The second-order valence-electron chi connectivity index (χ2n) is 5.73. The molecule has 0 atom stereocenters. The van der Waals surface area contributed by atoms with Crippen LogP contribution in [-0.2, 0) is 16.0 Å². The average molecular weight is 337 g/mol. The fourth-order valence-corrected chi connectivity index (χ4v) is 2.50. The first-order chi connectivity index (χ1) is 12.1. The molecule has 0 unspecified atom stereocenters. The van der Waals surface area contributed by atoms with Crippen LogP contribution in [0, 0.1) is 6.92 Å². The number of aryl methyl sites for hydroxylation is 1. The van der Waals surface area contributed by atoms with Crippen molar-refractivity contribution in [2.75, 3.05) is 11.9 Å². The number of anilines is 1. The number of nitrogens with one attached hydrogen (secondary N) is 2. The summed E-state index contributed by atoms with van der Waals surface area (Å²) >= 11 is 0. The summed E-state index contributed by atoms with van der Waals surface area (Å²) in [6.45, 7) is 2.07. The maximum absolute atomic E-state index is 12.0. The van der Waals surface area contributed by atoms with Crippen LogP contribution in [0.25, 0.3) is 11.1 Å². The Morgan fingerprint density at radius 2 is 1.88 bits per heavy atom. The van der Waals surface area contributed by atoms with E-state index in [4.69, 9.17) is 4.42 Å². The van der Waals surface area contributed by atoms with Gasteiger partial charge < -0.3 is 15.1 Å². The standard InChI is InChI=1S/C19H19N3O3/c1-13-21-16-12-15(7-8-17(16)25-13)22-18(23)9-10-20-19(24)11-14-5-3-2-4-6-14/h2-8,12H,9-11H2,1H3,(H,20,24)(H,22,23). The van der Waals surface area contributed by atoms with Gasteiger partial charge in [0.2, 0.25) is 11.8 Å². The van der Waals surface area contributed by atoms with Crippen LogP contribution in [0.15, 0.2) is 52.9 Å². The lowest BCUT2D eigenvalue weighted by molar-refractivity contribution is -0.120. The molecule has 128 valence electrons. The number of oxazole rings is 1. The van der Waals surface area contributed by atoms with Gasteiger partial charge in [0.05, 0.1) is 6.42 Å². The van der Waals surface area contributed by atoms with Crippen LogP contribution >= 0.6 is 0 Å². The maximum atomic E-state index is 12.0. The average Bonchev–Trinajstić information content (AvgIpc) is 2.95. The zero-order chi connectivity index (χ0) is 17.6.